The summed E-state index contributed by atoms with van der Waals surface area (Å²) < 4.78 is 2.23. The second-order valence-electron chi connectivity index (χ2n) is 8.60. The number of imidazole rings is 1. The molecule has 0 amide bonds. The molecule has 2 heterocycles. The van der Waals surface area contributed by atoms with Crippen molar-refractivity contribution in [1.82, 2.24) is 24.7 Å². The first-order valence-electron chi connectivity index (χ1n) is 10.0. The fraction of sp³-hybridized carbons (Fsp3) is 0.591. The molecule has 1 aromatic carbocycles. The Balaban J connectivity index is 1.86. The molecule has 1 unspecified atom stereocenters. The summed E-state index contributed by atoms with van der Waals surface area (Å²) in [5.41, 5.74) is 3.88. The highest BCUT2D eigenvalue weighted by molar-refractivity contribution is 5.56. The number of nitrogens with zero attached hydrogens (tertiary/aromatic N) is 4. The summed E-state index contributed by atoms with van der Waals surface area (Å²) in [7, 11) is 4.16. The van der Waals surface area contributed by atoms with Crippen LogP contribution < -0.4 is 5.32 Å². The van der Waals surface area contributed by atoms with Gasteiger partial charge in [-0.05, 0) is 34.7 Å². The maximum Gasteiger partial charge on any atom is 0.140 e. The lowest BCUT2D eigenvalue weighted by Crippen LogP contribution is -2.54. The lowest BCUT2D eigenvalue weighted by molar-refractivity contribution is 0.0410. The van der Waals surface area contributed by atoms with E-state index in [4.69, 9.17) is 4.98 Å². The second-order valence-corrected chi connectivity index (χ2v) is 8.60. The van der Waals surface area contributed by atoms with E-state index in [1.807, 2.05) is 7.05 Å². The van der Waals surface area contributed by atoms with E-state index >= 15 is 0 Å². The predicted octanol–water partition coefficient (Wildman–Crippen LogP) is 3.07. The largest absolute Gasteiger partial charge is 0.331 e. The van der Waals surface area contributed by atoms with Crippen molar-refractivity contribution in [3.8, 4) is 11.4 Å². The molecule has 0 saturated carbocycles. The van der Waals surface area contributed by atoms with Gasteiger partial charge in [-0.3, -0.25) is 9.80 Å². The van der Waals surface area contributed by atoms with Gasteiger partial charge >= 0.3 is 0 Å². The predicted molar refractivity (Wildman–Crippen MR) is 113 cm³/mol. The number of nitrogens with one attached hydrogen (secondary N) is 1. The van der Waals surface area contributed by atoms with Crippen LogP contribution in [-0.2, 0) is 7.05 Å². The molecule has 1 atom stereocenters. The van der Waals surface area contributed by atoms with Crippen molar-refractivity contribution in [2.24, 2.45) is 7.05 Å². The Labute approximate surface area is 164 Å². The Morgan fingerprint density at radius 3 is 2.26 bits per heavy atom. The Hall–Kier alpha value is -1.69. The summed E-state index contributed by atoms with van der Waals surface area (Å²) in [6.45, 7) is 14.4. The van der Waals surface area contributed by atoms with Crippen LogP contribution in [0.4, 0.5) is 0 Å². The summed E-state index contributed by atoms with van der Waals surface area (Å²) in [5.74, 6) is 1.05. The van der Waals surface area contributed by atoms with E-state index in [2.05, 4.69) is 84.8 Å². The number of likely N-dealkylation sites (N-methyl/N-ethyl adjacent to an activating group) is 1. The topological polar surface area (TPSA) is 36.3 Å². The number of piperazine rings is 1. The zero-order valence-electron chi connectivity index (χ0n) is 17.8. The molecule has 3 rings (SSSR count). The molecular weight excluding hydrogens is 334 g/mol. The molecule has 0 bridgehead atoms. The minimum atomic E-state index is 0.242. The molecule has 1 aliphatic rings. The third-order valence-electron chi connectivity index (χ3n) is 5.87. The van der Waals surface area contributed by atoms with E-state index in [0.29, 0.717) is 6.04 Å². The maximum atomic E-state index is 5.11. The minimum Gasteiger partial charge on any atom is -0.331 e. The standard InChI is InChI=1S/C22H35N5/c1-17-20(24-21(25(17)6)18-10-8-7-9-11-18)19(16-23-5)26-12-14-27(15-13-26)22(2,3)4/h7-11,19,23H,12-16H2,1-6H3. The van der Waals surface area contributed by atoms with Crippen LogP contribution in [0.25, 0.3) is 11.4 Å². The van der Waals surface area contributed by atoms with Crippen LogP contribution in [0.5, 0.6) is 0 Å². The van der Waals surface area contributed by atoms with Crippen molar-refractivity contribution < 1.29 is 0 Å². The van der Waals surface area contributed by atoms with Crippen LogP contribution in [0, 0.1) is 6.92 Å². The summed E-state index contributed by atoms with van der Waals surface area (Å²) in [6, 6.07) is 10.8. The lowest BCUT2D eigenvalue weighted by atomic mass is 10.0. The Bertz CT molecular complexity index is 736. The van der Waals surface area contributed by atoms with Crippen LogP contribution >= 0.6 is 0 Å². The fourth-order valence-corrected chi connectivity index (χ4v) is 4.06. The van der Waals surface area contributed by atoms with Gasteiger partial charge in [-0.2, -0.15) is 0 Å². The average molecular weight is 370 g/mol. The Kier molecular flexibility index (Phi) is 6.04. The summed E-state index contributed by atoms with van der Waals surface area (Å²) in [4.78, 5) is 10.3. The van der Waals surface area contributed by atoms with Gasteiger partial charge in [0.15, 0.2) is 0 Å². The molecule has 0 aliphatic carbocycles. The van der Waals surface area contributed by atoms with Gasteiger partial charge < -0.3 is 9.88 Å². The monoisotopic (exact) mass is 369 g/mol. The van der Waals surface area contributed by atoms with Crippen molar-refractivity contribution in [2.75, 3.05) is 39.8 Å². The minimum absolute atomic E-state index is 0.242. The molecule has 5 nitrogen and oxygen atoms in total. The number of hydrogen-bond donors (Lipinski definition) is 1. The van der Waals surface area contributed by atoms with E-state index in [1.54, 1.807) is 0 Å². The van der Waals surface area contributed by atoms with Crippen LogP contribution in [0.1, 0.15) is 38.2 Å². The molecule has 1 fully saturated rings. The molecule has 148 valence electrons. The zero-order chi connectivity index (χ0) is 19.6. The number of rotatable bonds is 5. The molecule has 0 spiro atoms. The van der Waals surface area contributed by atoms with Gasteiger partial charge in [-0.1, -0.05) is 30.3 Å². The SMILES string of the molecule is CNCC(c1nc(-c2ccccc2)n(C)c1C)N1CCN(C(C)(C)C)CC1. The first kappa shape index (κ1) is 20.1. The molecule has 5 heteroatoms. The number of benzene rings is 1. The first-order chi connectivity index (χ1) is 12.8. The van der Waals surface area contributed by atoms with Gasteiger partial charge in [0, 0.05) is 56.6 Å². The van der Waals surface area contributed by atoms with Crippen LogP contribution in [-0.4, -0.2) is 64.7 Å². The van der Waals surface area contributed by atoms with Crippen molar-refractivity contribution in [2.45, 2.75) is 39.3 Å². The molecule has 27 heavy (non-hydrogen) atoms. The molecule has 0 radical (unpaired) electrons. The molecule has 1 saturated heterocycles. The van der Waals surface area contributed by atoms with Crippen LogP contribution in [0.3, 0.4) is 0 Å². The second kappa shape index (κ2) is 8.13. The maximum absolute atomic E-state index is 5.11. The van der Waals surface area contributed by atoms with Gasteiger partial charge in [0.05, 0.1) is 11.7 Å². The summed E-state index contributed by atoms with van der Waals surface area (Å²) >= 11 is 0. The molecule has 1 aliphatic heterocycles. The van der Waals surface area contributed by atoms with Crippen LogP contribution in [0.2, 0.25) is 0 Å². The van der Waals surface area contributed by atoms with Crippen molar-refractivity contribution in [3.63, 3.8) is 0 Å². The van der Waals surface area contributed by atoms with Gasteiger partial charge in [0.1, 0.15) is 5.82 Å². The quantitative estimate of drug-likeness (QED) is 0.879. The number of hydrogen-bond acceptors (Lipinski definition) is 4. The molecule has 1 aromatic heterocycles. The molecular formula is C22H35N5. The first-order valence-corrected chi connectivity index (χ1v) is 10.0. The zero-order valence-corrected chi connectivity index (χ0v) is 17.8. The van der Waals surface area contributed by atoms with Gasteiger partial charge in [0.25, 0.3) is 0 Å². The van der Waals surface area contributed by atoms with Crippen molar-refractivity contribution in [1.29, 1.82) is 0 Å². The summed E-state index contributed by atoms with van der Waals surface area (Å²) in [5, 5.41) is 3.40. The smallest absolute Gasteiger partial charge is 0.140 e. The van der Waals surface area contributed by atoms with E-state index in [0.717, 1.165) is 38.5 Å². The number of aromatic nitrogens is 2. The van der Waals surface area contributed by atoms with Crippen molar-refractivity contribution >= 4 is 0 Å². The highest BCUT2D eigenvalue weighted by Gasteiger charge is 2.31. The highest BCUT2D eigenvalue weighted by Crippen LogP contribution is 2.29. The third kappa shape index (κ3) is 4.26. The molecule has 1 N–H and O–H groups in total. The van der Waals surface area contributed by atoms with E-state index in [1.165, 1.54) is 17.0 Å². The third-order valence-corrected chi connectivity index (χ3v) is 5.87. The van der Waals surface area contributed by atoms with Crippen molar-refractivity contribution in [3.05, 3.63) is 41.7 Å². The molecule has 2 aromatic rings. The highest BCUT2D eigenvalue weighted by atomic mass is 15.3. The normalized spacial score (nSPS) is 18.0. The Morgan fingerprint density at radius 2 is 1.70 bits per heavy atom. The fourth-order valence-electron chi connectivity index (χ4n) is 4.06. The average Bonchev–Trinajstić information content (AvgIpc) is 2.95. The van der Waals surface area contributed by atoms with Gasteiger partial charge in [-0.15, -0.1) is 0 Å². The van der Waals surface area contributed by atoms with Crippen LogP contribution in [0.15, 0.2) is 30.3 Å². The lowest BCUT2D eigenvalue weighted by Gasteiger charge is -2.44. The van der Waals surface area contributed by atoms with E-state index in [9.17, 15) is 0 Å². The van der Waals surface area contributed by atoms with Gasteiger partial charge in [-0.25, -0.2) is 4.98 Å². The van der Waals surface area contributed by atoms with E-state index < -0.39 is 0 Å². The Morgan fingerprint density at radius 1 is 1.07 bits per heavy atom. The van der Waals surface area contributed by atoms with E-state index in [-0.39, 0.29) is 5.54 Å². The van der Waals surface area contributed by atoms with Gasteiger partial charge in [0.2, 0.25) is 0 Å². The summed E-state index contributed by atoms with van der Waals surface area (Å²) in [6.07, 6.45) is 0.